The normalized spacial score (nSPS) is 17.9. The van der Waals surface area contributed by atoms with Gasteiger partial charge in [-0.15, -0.1) is 0 Å². The molecule has 6 heteroatoms. The largest absolute Gasteiger partial charge is 0.444 e. The van der Waals surface area contributed by atoms with Crippen molar-refractivity contribution < 1.29 is 14.3 Å². The Morgan fingerprint density at radius 2 is 2.00 bits per heavy atom. The van der Waals surface area contributed by atoms with Crippen LogP contribution in [-0.4, -0.2) is 40.3 Å². The zero-order valence-corrected chi connectivity index (χ0v) is 15.9. The summed E-state index contributed by atoms with van der Waals surface area (Å²) in [6.45, 7) is 9.58. The predicted molar refractivity (Wildman–Crippen MR) is 92.2 cm³/mol. The van der Waals surface area contributed by atoms with E-state index in [2.05, 4.69) is 27.8 Å². The van der Waals surface area contributed by atoms with E-state index in [1.54, 1.807) is 11.1 Å². The van der Waals surface area contributed by atoms with Crippen molar-refractivity contribution in [2.24, 2.45) is 0 Å². The van der Waals surface area contributed by atoms with E-state index in [1.165, 1.54) is 0 Å². The minimum atomic E-state index is -0.456. The minimum Gasteiger partial charge on any atom is -0.444 e. The highest BCUT2D eigenvalue weighted by molar-refractivity contribution is 9.10. The molecule has 0 bridgehead atoms. The molecular formula is C17H25BrN2O3. The van der Waals surface area contributed by atoms with Gasteiger partial charge in [-0.25, -0.2) is 4.79 Å². The highest BCUT2D eigenvalue weighted by Gasteiger charge is 2.34. The Balaban J connectivity index is 1.83. The third-order valence-electron chi connectivity index (χ3n) is 3.82. The van der Waals surface area contributed by atoms with Gasteiger partial charge >= 0.3 is 6.09 Å². The van der Waals surface area contributed by atoms with Crippen molar-refractivity contribution in [3.8, 4) is 0 Å². The summed E-state index contributed by atoms with van der Waals surface area (Å²) in [7, 11) is 0. The Hall–Kier alpha value is -1.14. The number of pyridine rings is 1. The predicted octanol–water partition coefficient (Wildman–Crippen LogP) is 4.15. The third-order valence-corrected chi connectivity index (χ3v) is 4.26. The molecule has 0 aromatic carbocycles. The average molecular weight is 385 g/mol. The molecule has 1 aromatic rings. The first-order valence-electron chi connectivity index (χ1n) is 7.88. The van der Waals surface area contributed by atoms with E-state index in [1.807, 2.05) is 33.0 Å². The van der Waals surface area contributed by atoms with E-state index in [4.69, 9.17) is 9.47 Å². The highest BCUT2D eigenvalue weighted by Crippen LogP contribution is 2.28. The van der Waals surface area contributed by atoms with Crippen LogP contribution in [0.1, 0.15) is 46.1 Å². The number of hydrogen-bond donors (Lipinski definition) is 0. The molecule has 0 atom stereocenters. The second-order valence-electron chi connectivity index (χ2n) is 7.22. The number of piperidine rings is 1. The van der Waals surface area contributed by atoms with Gasteiger partial charge in [0.1, 0.15) is 5.60 Å². The van der Waals surface area contributed by atoms with Gasteiger partial charge in [-0.05, 0) is 68.1 Å². The molecule has 0 N–H and O–H groups in total. The van der Waals surface area contributed by atoms with Crippen LogP contribution < -0.4 is 0 Å². The summed E-state index contributed by atoms with van der Waals surface area (Å²) in [4.78, 5) is 18.0. The first kappa shape index (κ1) is 18.2. The molecule has 2 heterocycles. The van der Waals surface area contributed by atoms with Crippen molar-refractivity contribution in [2.75, 3.05) is 13.1 Å². The lowest BCUT2D eigenvalue weighted by atomic mass is 9.93. The first-order valence-corrected chi connectivity index (χ1v) is 8.67. The lowest BCUT2D eigenvalue weighted by molar-refractivity contribution is -0.0812. The molecule has 0 saturated carbocycles. The molecule has 1 aliphatic heterocycles. The number of likely N-dealkylation sites (tertiary alicyclic amines) is 1. The van der Waals surface area contributed by atoms with Crippen molar-refractivity contribution >= 4 is 22.0 Å². The molecule has 0 spiro atoms. The summed E-state index contributed by atoms with van der Waals surface area (Å²) >= 11 is 3.41. The maximum Gasteiger partial charge on any atom is 0.410 e. The van der Waals surface area contributed by atoms with Crippen LogP contribution in [0, 0.1) is 0 Å². The number of nitrogens with zero attached hydrogens (tertiary/aromatic N) is 2. The molecule has 1 aliphatic rings. The Morgan fingerprint density at radius 1 is 1.35 bits per heavy atom. The number of carbonyl (C=O) groups is 1. The fourth-order valence-corrected chi connectivity index (χ4v) is 2.84. The van der Waals surface area contributed by atoms with Gasteiger partial charge in [-0.3, -0.25) is 4.98 Å². The quantitative estimate of drug-likeness (QED) is 0.785. The van der Waals surface area contributed by atoms with Gasteiger partial charge in [0.05, 0.1) is 12.2 Å². The molecular weight excluding hydrogens is 360 g/mol. The zero-order valence-electron chi connectivity index (χ0n) is 14.3. The van der Waals surface area contributed by atoms with Gasteiger partial charge in [0.15, 0.2) is 0 Å². The fourth-order valence-electron chi connectivity index (χ4n) is 2.43. The van der Waals surface area contributed by atoms with Gasteiger partial charge in [-0.2, -0.15) is 0 Å². The van der Waals surface area contributed by atoms with Gasteiger partial charge in [-0.1, -0.05) is 0 Å². The maximum absolute atomic E-state index is 12.1. The molecule has 1 saturated heterocycles. The topological polar surface area (TPSA) is 51.7 Å². The van der Waals surface area contributed by atoms with Crippen LogP contribution in [0.4, 0.5) is 4.79 Å². The first-order chi connectivity index (χ1) is 10.7. The second kappa shape index (κ2) is 7.18. The average Bonchev–Trinajstić information content (AvgIpc) is 2.44. The standard InChI is InChI=1S/C17H25BrN2O3/c1-16(2,3)23-15(21)20-7-5-17(4,6-8-20)22-12-13-9-14(18)11-19-10-13/h9-11H,5-8,12H2,1-4H3. The monoisotopic (exact) mass is 384 g/mol. The molecule has 2 rings (SSSR count). The van der Waals surface area contributed by atoms with Crippen molar-refractivity contribution in [1.29, 1.82) is 0 Å². The van der Waals surface area contributed by atoms with E-state index >= 15 is 0 Å². The number of rotatable bonds is 3. The van der Waals surface area contributed by atoms with Crippen LogP contribution in [-0.2, 0) is 16.1 Å². The Bertz CT molecular complexity index is 549. The van der Waals surface area contributed by atoms with Crippen LogP contribution >= 0.6 is 15.9 Å². The van der Waals surface area contributed by atoms with E-state index in [0.717, 1.165) is 22.9 Å². The van der Waals surface area contributed by atoms with E-state index in [0.29, 0.717) is 19.7 Å². The number of carbonyl (C=O) groups excluding carboxylic acids is 1. The molecule has 1 fully saturated rings. The number of amides is 1. The lowest BCUT2D eigenvalue weighted by Crippen LogP contribution is -2.47. The van der Waals surface area contributed by atoms with E-state index in [9.17, 15) is 4.79 Å². The van der Waals surface area contributed by atoms with Gasteiger partial charge in [0.25, 0.3) is 0 Å². The Kier molecular flexibility index (Phi) is 5.68. The lowest BCUT2D eigenvalue weighted by Gasteiger charge is -2.39. The van der Waals surface area contributed by atoms with E-state index in [-0.39, 0.29) is 11.7 Å². The zero-order chi connectivity index (χ0) is 17.1. The third kappa shape index (κ3) is 5.77. The SMILES string of the molecule is CC(C)(C)OC(=O)N1CCC(C)(OCc2cncc(Br)c2)CC1. The molecule has 5 nitrogen and oxygen atoms in total. The number of halogens is 1. The summed E-state index contributed by atoms with van der Waals surface area (Å²) in [5, 5.41) is 0. The van der Waals surface area contributed by atoms with Crippen LogP contribution in [0.25, 0.3) is 0 Å². The molecule has 128 valence electrons. The highest BCUT2D eigenvalue weighted by atomic mass is 79.9. The van der Waals surface area contributed by atoms with Crippen molar-refractivity contribution in [3.63, 3.8) is 0 Å². The number of hydrogen-bond acceptors (Lipinski definition) is 4. The number of aromatic nitrogens is 1. The Morgan fingerprint density at radius 3 is 2.57 bits per heavy atom. The van der Waals surface area contributed by atoms with Crippen LogP contribution in [0.15, 0.2) is 22.9 Å². The molecule has 0 radical (unpaired) electrons. The molecule has 23 heavy (non-hydrogen) atoms. The second-order valence-corrected chi connectivity index (χ2v) is 8.13. The van der Waals surface area contributed by atoms with Gasteiger partial charge in [0, 0.05) is 30.0 Å². The van der Waals surface area contributed by atoms with Crippen molar-refractivity contribution in [1.82, 2.24) is 9.88 Å². The summed E-state index contributed by atoms with van der Waals surface area (Å²) in [6.07, 6.45) is 4.92. The summed E-state index contributed by atoms with van der Waals surface area (Å²) in [5.41, 5.74) is 0.359. The molecule has 0 unspecified atom stereocenters. The summed E-state index contributed by atoms with van der Waals surface area (Å²) in [5.74, 6) is 0. The number of ether oxygens (including phenoxy) is 2. The Labute approximate surface area is 146 Å². The molecule has 1 amide bonds. The molecule has 1 aromatic heterocycles. The maximum atomic E-state index is 12.1. The minimum absolute atomic E-state index is 0.221. The summed E-state index contributed by atoms with van der Waals surface area (Å²) in [6, 6.07) is 2.01. The smallest absolute Gasteiger partial charge is 0.410 e. The van der Waals surface area contributed by atoms with Crippen molar-refractivity contribution in [3.05, 3.63) is 28.5 Å². The van der Waals surface area contributed by atoms with Crippen LogP contribution in [0.2, 0.25) is 0 Å². The van der Waals surface area contributed by atoms with E-state index < -0.39 is 5.60 Å². The van der Waals surface area contributed by atoms with Crippen molar-refractivity contribution in [2.45, 2.75) is 58.3 Å². The fraction of sp³-hybridized carbons (Fsp3) is 0.647. The summed E-state index contributed by atoms with van der Waals surface area (Å²) < 4.78 is 12.5. The van der Waals surface area contributed by atoms with Gasteiger partial charge < -0.3 is 14.4 Å². The van der Waals surface area contributed by atoms with Crippen LogP contribution in [0.3, 0.4) is 0 Å². The van der Waals surface area contributed by atoms with Crippen LogP contribution in [0.5, 0.6) is 0 Å². The van der Waals surface area contributed by atoms with Gasteiger partial charge in [0.2, 0.25) is 0 Å². The molecule has 0 aliphatic carbocycles.